The monoisotopic (exact) mass is 416 g/mol. The van der Waals surface area contributed by atoms with E-state index in [1.807, 2.05) is 42.5 Å². The van der Waals surface area contributed by atoms with E-state index in [0.29, 0.717) is 11.4 Å². The minimum absolute atomic E-state index is 0.0904. The molecule has 0 aliphatic carbocycles. The van der Waals surface area contributed by atoms with Crippen molar-refractivity contribution in [3.8, 4) is 0 Å². The third kappa shape index (κ3) is 4.22. The molecule has 4 rings (SSSR count). The Hall–Kier alpha value is -1.55. The van der Waals surface area contributed by atoms with Gasteiger partial charge < -0.3 is 4.90 Å². The average molecular weight is 417 g/mol. The van der Waals surface area contributed by atoms with Gasteiger partial charge in [-0.15, -0.1) is 0 Å². The first-order valence-corrected chi connectivity index (χ1v) is 10.8. The van der Waals surface area contributed by atoms with E-state index in [2.05, 4.69) is 15.9 Å². The van der Waals surface area contributed by atoms with Gasteiger partial charge in [-0.05, 0) is 61.6 Å². The van der Waals surface area contributed by atoms with Gasteiger partial charge in [0.2, 0.25) is 5.91 Å². The first-order valence-electron chi connectivity index (χ1n) is 10.1. The quantitative estimate of drug-likeness (QED) is 0.683. The van der Waals surface area contributed by atoms with Gasteiger partial charge in [-0.1, -0.05) is 53.5 Å². The van der Waals surface area contributed by atoms with Crippen molar-refractivity contribution in [1.29, 1.82) is 0 Å². The summed E-state index contributed by atoms with van der Waals surface area (Å²) in [5.41, 5.74) is 2.29. The fraction of sp³-hybridized carbons (Fsp3) is 0.435. The SMILES string of the molecule is O=C(Cc1ccc(Cl)cc1)N1CCCC2(CCCN2Cc2ccccc2Cl)C1. The molecule has 0 aromatic heterocycles. The molecule has 2 aliphatic rings. The van der Waals surface area contributed by atoms with Crippen LogP contribution in [0.15, 0.2) is 48.5 Å². The number of carbonyl (C=O) groups is 1. The van der Waals surface area contributed by atoms with Crippen LogP contribution in [0, 0.1) is 0 Å². The summed E-state index contributed by atoms with van der Waals surface area (Å²) in [5.74, 6) is 0.214. The van der Waals surface area contributed by atoms with Gasteiger partial charge in [0.25, 0.3) is 0 Å². The molecule has 2 aromatic carbocycles. The predicted molar refractivity (Wildman–Crippen MR) is 115 cm³/mol. The second-order valence-electron chi connectivity index (χ2n) is 8.06. The summed E-state index contributed by atoms with van der Waals surface area (Å²) in [5, 5.41) is 1.53. The molecular weight excluding hydrogens is 391 g/mol. The minimum Gasteiger partial charge on any atom is -0.341 e. The summed E-state index contributed by atoms with van der Waals surface area (Å²) in [6.07, 6.45) is 5.00. The summed E-state index contributed by atoms with van der Waals surface area (Å²) in [6, 6.07) is 15.7. The maximum absolute atomic E-state index is 13.0. The third-order valence-corrected chi connectivity index (χ3v) is 6.86. The number of piperidine rings is 1. The molecule has 1 amide bonds. The predicted octanol–water partition coefficient (Wildman–Crippen LogP) is 5.19. The van der Waals surface area contributed by atoms with E-state index >= 15 is 0 Å². The first kappa shape index (κ1) is 19.8. The van der Waals surface area contributed by atoms with Crippen LogP contribution in [-0.4, -0.2) is 40.9 Å². The smallest absolute Gasteiger partial charge is 0.227 e. The molecule has 148 valence electrons. The topological polar surface area (TPSA) is 23.6 Å². The highest BCUT2D eigenvalue weighted by Crippen LogP contribution is 2.39. The van der Waals surface area contributed by atoms with Crippen molar-refractivity contribution in [1.82, 2.24) is 9.80 Å². The van der Waals surface area contributed by atoms with Crippen LogP contribution in [0.1, 0.15) is 36.8 Å². The lowest BCUT2D eigenvalue weighted by molar-refractivity contribution is -0.134. The summed E-state index contributed by atoms with van der Waals surface area (Å²) in [4.78, 5) is 17.6. The van der Waals surface area contributed by atoms with Crippen molar-refractivity contribution >= 4 is 29.1 Å². The lowest BCUT2D eigenvalue weighted by Crippen LogP contribution is -2.56. The van der Waals surface area contributed by atoms with E-state index in [9.17, 15) is 4.79 Å². The Morgan fingerprint density at radius 3 is 2.43 bits per heavy atom. The molecule has 2 saturated heterocycles. The molecule has 1 unspecified atom stereocenters. The molecule has 1 atom stereocenters. The Morgan fingerprint density at radius 2 is 1.68 bits per heavy atom. The van der Waals surface area contributed by atoms with Crippen molar-refractivity contribution in [2.24, 2.45) is 0 Å². The summed E-state index contributed by atoms with van der Waals surface area (Å²) in [7, 11) is 0. The Morgan fingerprint density at radius 1 is 0.964 bits per heavy atom. The van der Waals surface area contributed by atoms with E-state index in [0.717, 1.165) is 56.0 Å². The molecule has 0 saturated carbocycles. The van der Waals surface area contributed by atoms with E-state index in [-0.39, 0.29) is 11.4 Å². The second-order valence-corrected chi connectivity index (χ2v) is 8.91. The Kier molecular flexibility index (Phi) is 5.96. The van der Waals surface area contributed by atoms with Crippen LogP contribution < -0.4 is 0 Å². The van der Waals surface area contributed by atoms with E-state index in [1.54, 1.807) is 0 Å². The molecular formula is C23H26Cl2N2O. The van der Waals surface area contributed by atoms with Crippen molar-refractivity contribution in [2.45, 2.75) is 44.2 Å². The first-order chi connectivity index (χ1) is 13.6. The third-order valence-electron chi connectivity index (χ3n) is 6.24. The molecule has 3 nitrogen and oxygen atoms in total. The molecule has 0 radical (unpaired) electrons. The zero-order chi connectivity index (χ0) is 19.6. The van der Waals surface area contributed by atoms with Gasteiger partial charge in [0.15, 0.2) is 0 Å². The number of benzene rings is 2. The van der Waals surface area contributed by atoms with E-state index < -0.39 is 0 Å². The van der Waals surface area contributed by atoms with Gasteiger partial charge >= 0.3 is 0 Å². The van der Waals surface area contributed by atoms with Crippen molar-refractivity contribution < 1.29 is 4.79 Å². The molecule has 2 aromatic rings. The van der Waals surface area contributed by atoms with Crippen LogP contribution in [0.25, 0.3) is 0 Å². The summed E-state index contributed by atoms with van der Waals surface area (Å²) < 4.78 is 0. The fourth-order valence-corrected chi connectivity index (χ4v) is 5.07. The van der Waals surface area contributed by atoms with Crippen molar-refractivity contribution in [3.05, 3.63) is 69.7 Å². The van der Waals surface area contributed by atoms with Gasteiger partial charge in [0.1, 0.15) is 0 Å². The van der Waals surface area contributed by atoms with Crippen LogP contribution in [0.2, 0.25) is 10.0 Å². The molecule has 2 heterocycles. The number of likely N-dealkylation sites (tertiary alicyclic amines) is 2. The number of hydrogen-bond donors (Lipinski definition) is 0. The number of carbonyl (C=O) groups excluding carboxylic acids is 1. The molecule has 28 heavy (non-hydrogen) atoms. The van der Waals surface area contributed by atoms with Crippen molar-refractivity contribution in [3.63, 3.8) is 0 Å². The second kappa shape index (κ2) is 8.44. The normalized spacial score (nSPS) is 22.7. The van der Waals surface area contributed by atoms with Crippen LogP contribution in [0.4, 0.5) is 0 Å². The van der Waals surface area contributed by atoms with Crippen molar-refractivity contribution in [2.75, 3.05) is 19.6 Å². The maximum atomic E-state index is 13.0. The number of amides is 1. The van der Waals surface area contributed by atoms with E-state index in [1.165, 1.54) is 12.0 Å². The average Bonchev–Trinajstić information content (AvgIpc) is 3.06. The van der Waals surface area contributed by atoms with Crippen LogP contribution in [0.5, 0.6) is 0 Å². The Balaban J connectivity index is 1.46. The largest absolute Gasteiger partial charge is 0.341 e. The lowest BCUT2D eigenvalue weighted by atomic mass is 9.86. The summed E-state index contributed by atoms with van der Waals surface area (Å²) in [6.45, 7) is 3.61. The molecule has 2 fully saturated rings. The highest BCUT2D eigenvalue weighted by atomic mass is 35.5. The molecule has 0 bridgehead atoms. The van der Waals surface area contributed by atoms with Crippen LogP contribution >= 0.6 is 23.2 Å². The standard InChI is InChI=1S/C23H26Cl2N2O/c24-20-9-7-18(8-10-20)15-22(28)26-13-3-11-23(17-26)12-4-14-27(23)16-19-5-1-2-6-21(19)25/h1-2,5-10H,3-4,11-17H2. The molecule has 5 heteroatoms. The van der Waals surface area contributed by atoms with Crippen LogP contribution in [0.3, 0.4) is 0 Å². The van der Waals surface area contributed by atoms with E-state index in [4.69, 9.17) is 23.2 Å². The zero-order valence-corrected chi connectivity index (χ0v) is 17.6. The molecule has 2 aliphatic heterocycles. The highest BCUT2D eigenvalue weighted by molar-refractivity contribution is 6.31. The molecule has 0 N–H and O–H groups in total. The minimum atomic E-state index is 0.0904. The number of halogens is 2. The maximum Gasteiger partial charge on any atom is 0.227 e. The van der Waals surface area contributed by atoms with Gasteiger partial charge in [-0.3, -0.25) is 9.69 Å². The fourth-order valence-electron chi connectivity index (χ4n) is 4.75. The number of nitrogens with zero attached hydrogens (tertiary/aromatic N) is 2. The van der Waals surface area contributed by atoms with Gasteiger partial charge in [0, 0.05) is 35.2 Å². The zero-order valence-electron chi connectivity index (χ0n) is 16.0. The lowest BCUT2D eigenvalue weighted by Gasteiger charge is -2.46. The number of rotatable bonds is 4. The summed E-state index contributed by atoms with van der Waals surface area (Å²) >= 11 is 12.4. The Labute approximate surface area is 177 Å². The van der Waals surface area contributed by atoms with Gasteiger partial charge in [-0.25, -0.2) is 0 Å². The highest BCUT2D eigenvalue weighted by Gasteiger charge is 2.44. The Bertz CT molecular complexity index is 839. The molecule has 1 spiro atoms. The van der Waals surface area contributed by atoms with Gasteiger partial charge in [-0.2, -0.15) is 0 Å². The van der Waals surface area contributed by atoms with Crippen LogP contribution in [-0.2, 0) is 17.8 Å². The number of hydrogen-bond acceptors (Lipinski definition) is 2. The van der Waals surface area contributed by atoms with Gasteiger partial charge in [0.05, 0.1) is 6.42 Å².